The van der Waals surface area contributed by atoms with Crippen molar-refractivity contribution < 1.29 is 9.53 Å². The van der Waals surface area contributed by atoms with E-state index in [0.717, 1.165) is 11.1 Å². The van der Waals surface area contributed by atoms with E-state index in [4.69, 9.17) is 4.74 Å². The number of alkyl carbamates (subject to hydrolysis) is 1. The highest BCUT2D eigenvalue weighted by molar-refractivity contribution is 5.73. The Morgan fingerprint density at radius 3 is 1.74 bits per heavy atom. The van der Waals surface area contributed by atoms with Crippen LogP contribution in [0.1, 0.15) is 36.1 Å². The summed E-state index contributed by atoms with van der Waals surface area (Å²) < 4.78 is 5.92. The average Bonchev–Trinajstić information content (AvgIpc) is 2.87. The van der Waals surface area contributed by atoms with E-state index in [1.165, 1.54) is 11.1 Å². The molecule has 0 radical (unpaired) electrons. The third-order valence-corrected chi connectivity index (χ3v) is 4.59. The number of carbonyl (C=O) groups excluding carboxylic acids is 1. The van der Waals surface area contributed by atoms with E-state index >= 15 is 0 Å². The Hall–Kier alpha value is -2.29. The minimum atomic E-state index is -0.785. The number of amides is 1. The van der Waals surface area contributed by atoms with E-state index < -0.39 is 5.60 Å². The Morgan fingerprint density at radius 2 is 1.35 bits per heavy atom. The molecule has 1 aliphatic rings. The van der Waals surface area contributed by atoms with Gasteiger partial charge in [-0.25, -0.2) is 4.79 Å². The van der Waals surface area contributed by atoms with Gasteiger partial charge in [0.25, 0.3) is 0 Å². The molecule has 3 nitrogen and oxygen atoms in total. The lowest BCUT2D eigenvalue weighted by molar-refractivity contribution is 0.0584. The Labute approximate surface area is 137 Å². The molecule has 1 fully saturated rings. The second-order valence-corrected chi connectivity index (χ2v) is 6.72. The van der Waals surface area contributed by atoms with Crippen molar-refractivity contribution in [3.63, 3.8) is 0 Å². The predicted molar refractivity (Wildman–Crippen MR) is 91.4 cm³/mol. The van der Waals surface area contributed by atoms with Crippen LogP contribution in [0.4, 0.5) is 4.79 Å². The molecule has 1 atom stereocenters. The zero-order valence-corrected chi connectivity index (χ0v) is 14.1. The van der Waals surface area contributed by atoms with Crippen molar-refractivity contribution in [2.24, 2.45) is 5.92 Å². The standard InChI is InChI=1S/C20H23NO2/c1-13(2)18-20(23-19(22)21-18,16-9-5-14(3)6-10-16)17-11-7-15(4)8-12-17/h5-13,18H,1-4H3,(H,21,22)/t18-/m0/s1. The SMILES string of the molecule is Cc1ccc(C2(c3ccc(C)cc3)OC(=O)N[C@H]2C(C)C)cc1. The molecule has 2 aromatic rings. The van der Waals surface area contributed by atoms with Crippen LogP contribution < -0.4 is 5.32 Å². The summed E-state index contributed by atoms with van der Waals surface area (Å²) in [6.07, 6.45) is -0.357. The Morgan fingerprint density at radius 1 is 0.913 bits per heavy atom. The van der Waals surface area contributed by atoms with Crippen LogP contribution in [0.5, 0.6) is 0 Å². The maximum Gasteiger partial charge on any atom is 0.408 e. The zero-order valence-electron chi connectivity index (χ0n) is 14.1. The molecule has 1 amide bonds. The summed E-state index contributed by atoms with van der Waals surface area (Å²) in [5, 5.41) is 3.01. The van der Waals surface area contributed by atoms with Crippen LogP contribution >= 0.6 is 0 Å². The van der Waals surface area contributed by atoms with E-state index in [9.17, 15) is 4.79 Å². The fourth-order valence-corrected chi connectivity index (χ4v) is 3.35. The second kappa shape index (κ2) is 5.73. The van der Waals surface area contributed by atoms with Gasteiger partial charge in [-0.1, -0.05) is 73.5 Å². The van der Waals surface area contributed by atoms with Gasteiger partial charge < -0.3 is 10.1 Å². The van der Waals surface area contributed by atoms with Crippen LogP contribution in [-0.2, 0) is 10.3 Å². The zero-order chi connectivity index (χ0) is 16.6. The van der Waals surface area contributed by atoms with Crippen molar-refractivity contribution in [1.82, 2.24) is 5.32 Å². The van der Waals surface area contributed by atoms with Crippen molar-refractivity contribution in [2.75, 3.05) is 0 Å². The highest BCUT2D eigenvalue weighted by Gasteiger charge is 2.52. The number of cyclic esters (lactones) is 1. The fraction of sp³-hybridized carbons (Fsp3) is 0.350. The molecule has 1 N–H and O–H groups in total. The maximum atomic E-state index is 12.1. The van der Waals surface area contributed by atoms with Crippen LogP contribution in [0.2, 0.25) is 0 Å². The molecule has 0 unspecified atom stereocenters. The molecular formula is C20H23NO2. The van der Waals surface area contributed by atoms with Crippen molar-refractivity contribution >= 4 is 6.09 Å². The van der Waals surface area contributed by atoms with E-state index in [1.54, 1.807) is 0 Å². The minimum absolute atomic E-state index is 0.111. The first-order valence-electron chi connectivity index (χ1n) is 8.07. The lowest BCUT2D eigenvalue weighted by Gasteiger charge is -2.35. The molecule has 0 bridgehead atoms. The van der Waals surface area contributed by atoms with Gasteiger partial charge in [0.2, 0.25) is 0 Å². The van der Waals surface area contributed by atoms with Crippen LogP contribution in [0.15, 0.2) is 48.5 Å². The summed E-state index contributed by atoms with van der Waals surface area (Å²) in [5.41, 5.74) is 3.59. The van der Waals surface area contributed by atoms with Gasteiger partial charge in [-0.05, 0) is 19.8 Å². The van der Waals surface area contributed by atoms with Gasteiger partial charge in [-0.2, -0.15) is 0 Å². The molecule has 0 saturated carbocycles. The summed E-state index contributed by atoms with van der Waals surface area (Å²) >= 11 is 0. The molecule has 2 aromatic carbocycles. The molecule has 0 spiro atoms. The fourth-order valence-electron chi connectivity index (χ4n) is 3.35. The van der Waals surface area contributed by atoms with Crippen molar-refractivity contribution in [3.05, 3.63) is 70.8 Å². The van der Waals surface area contributed by atoms with Gasteiger partial charge in [0.05, 0.1) is 6.04 Å². The molecule has 0 aromatic heterocycles. The minimum Gasteiger partial charge on any atom is -0.431 e. The molecule has 3 rings (SSSR count). The summed E-state index contributed by atoms with van der Waals surface area (Å²) in [5.74, 6) is 0.240. The molecule has 23 heavy (non-hydrogen) atoms. The summed E-state index contributed by atoms with van der Waals surface area (Å²) in [6.45, 7) is 8.33. The monoisotopic (exact) mass is 309 g/mol. The highest BCUT2D eigenvalue weighted by Crippen LogP contribution is 2.43. The number of hydrogen-bond donors (Lipinski definition) is 1. The van der Waals surface area contributed by atoms with Gasteiger partial charge in [0, 0.05) is 11.1 Å². The first kappa shape index (κ1) is 15.6. The van der Waals surface area contributed by atoms with E-state index in [2.05, 4.69) is 81.5 Å². The first-order chi connectivity index (χ1) is 10.9. The van der Waals surface area contributed by atoms with Crippen molar-refractivity contribution in [3.8, 4) is 0 Å². The molecular weight excluding hydrogens is 286 g/mol. The van der Waals surface area contributed by atoms with Gasteiger partial charge in [-0.15, -0.1) is 0 Å². The smallest absolute Gasteiger partial charge is 0.408 e. The quantitative estimate of drug-likeness (QED) is 0.917. The first-order valence-corrected chi connectivity index (χ1v) is 8.07. The number of benzene rings is 2. The predicted octanol–water partition coefficient (Wildman–Crippen LogP) is 4.31. The number of rotatable bonds is 3. The number of hydrogen-bond acceptors (Lipinski definition) is 2. The second-order valence-electron chi connectivity index (χ2n) is 6.72. The van der Waals surface area contributed by atoms with Gasteiger partial charge in [0.1, 0.15) is 0 Å². The third-order valence-electron chi connectivity index (χ3n) is 4.59. The topological polar surface area (TPSA) is 38.3 Å². The Bertz CT molecular complexity index is 656. The Balaban J connectivity index is 2.22. The number of nitrogens with one attached hydrogen (secondary N) is 1. The van der Waals surface area contributed by atoms with Gasteiger partial charge in [0.15, 0.2) is 5.60 Å². The maximum absolute atomic E-state index is 12.1. The van der Waals surface area contributed by atoms with Crippen LogP contribution in [0.3, 0.4) is 0 Å². The number of ether oxygens (including phenoxy) is 1. The van der Waals surface area contributed by atoms with E-state index in [0.29, 0.717) is 0 Å². The van der Waals surface area contributed by atoms with Crippen LogP contribution in [0, 0.1) is 19.8 Å². The molecule has 120 valence electrons. The van der Waals surface area contributed by atoms with Gasteiger partial charge in [-0.3, -0.25) is 0 Å². The van der Waals surface area contributed by atoms with Gasteiger partial charge >= 0.3 is 6.09 Å². The third kappa shape index (κ3) is 2.61. The lowest BCUT2D eigenvalue weighted by Crippen LogP contribution is -2.45. The van der Waals surface area contributed by atoms with E-state index in [1.807, 2.05) is 0 Å². The van der Waals surface area contributed by atoms with E-state index in [-0.39, 0.29) is 18.1 Å². The lowest BCUT2D eigenvalue weighted by atomic mass is 9.76. The number of carbonyl (C=O) groups is 1. The van der Waals surface area contributed by atoms with Crippen LogP contribution in [0.25, 0.3) is 0 Å². The van der Waals surface area contributed by atoms with Crippen molar-refractivity contribution in [1.29, 1.82) is 0 Å². The summed E-state index contributed by atoms with van der Waals surface area (Å²) in [4.78, 5) is 12.1. The number of aryl methyl sites for hydroxylation is 2. The summed E-state index contributed by atoms with van der Waals surface area (Å²) in [6, 6.07) is 16.4. The van der Waals surface area contributed by atoms with Crippen LogP contribution in [-0.4, -0.2) is 12.1 Å². The average molecular weight is 309 g/mol. The largest absolute Gasteiger partial charge is 0.431 e. The molecule has 0 aliphatic carbocycles. The molecule has 1 saturated heterocycles. The summed E-state index contributed by atoms with van der Waals surface area (Å²) in [7, 11) is 0. The molecule has 3 heteroatoms. The molecule has 1 heterocycles. The normalized spacial score (nSPS) is 19.5. The molecule has 1 aliphatic heterocycles. The highest BCUT2D eigenvalue weighted by atomic mass is 16.6. The Kier molecular flexibility index (Phi) is 3.88. The van der Waals surface area contributed by atoms with Crippen molar-refractivity contribution in [2.45, 2.75) is 39.3 Å².